The molecule has 0 saturated carbocycles. The van der Waals surface area contributed by atoms with Crippen LogP contribution in [0.1, 0.15) is 30.1 Å². The minimum Gasteiger partial charge on any atom is -0.508 e. The van der Waals surface area contributed by atoms with Gasteiger partial charge in [-0.1, -0.05) is 12.1 Å². The highest BCUT2D eigenvalue weighted by Gasteiger charge is 2.20. The molecule has 0 aliphatic carbocycles. The first-order valence-electron chi connectivity index (χ1n) is 4.68. The Balaban J connectivity index is 2.29. The summed E-state index contributed by atoms with van der Waals surface area (Å²) in [7, 11) is 0. The summed E-state index contributed by atoms with van der Waals surface area (Å²) in [5, 5.41) is 9.67. The van der Waals surface area contributed by atoms with Crippen LogP contribution in [-0.2, 0) is 4.74 Å². The van der Waals surface area contributed by atoms with Crippen LogP contribution < -0.4 is 0 Å². The maximum atomic E-state index is 9.67. The first-order chi connectivity index (χ1) is 6.27. The lowest BCUT2D eigenvalue weighted by atomic mass is 10.0. The molecule has 1 aromatic carbocycles. The lowest BCUT2D eigenvalue weighted by Gasteiger charge is -2.11. The molecule has 1 atom stereocenters. The summed E-state index contributed by atoms with van der Waals surface area (Å²) in [6.07, 6.45) is 2.23. The quantitative estimate of drug-likeness (QED) is 0.716. The zero-order valence-electron chi connectivity index (χ0n) is 7.79. The Labute approximate surface area is 78.2 Å². The van der Waals surface area contributed by atoms with Gasteiger partial charge in [-0.15, -0.1) is 0 Å². The first kappa shape index (κ1) is 8.57. The molecule has 2 rings (SSSR count). The molecule has 0 bridgehead atoms. The second-order valence-electron chi connectivity index (χ2n) is 3.56. The molecule has 1 fully saturated rings. The van der Waals surface area contributed by atoms with Gasteiger partial charge in [0.25, 0.3) is 0 Å². The maximum absolute atomic E-state index is 9.67. The largest absolute Gasteiger partial charge is 0.508 e. The summed E-state index contributed by atoms with van der Waals surface area (Å²) in [4.78, 5) is 0. The van der Waals surface area contributed by atoms with Crippen LogP contribution in [-0.4, -0.2) is 11.7 Å². The standard InChI is InChI=1S/C11H14O2/c1-8-4-5-9(10(12)7-8)11-3-2-6-13-11/h4-5,7,11-12H,2-3,6H2,1H3. The third kappa shape index (κ3) is 1.68. The predicted octanol–water partition coefficient (Wildman–Crippen LogP) is 2.55. The van der Waals surface area contributed by atoms with E-state index >= 15 is 0 Å². The van der Waals surface area contributed by atoms with Crippen molar-refractivity contribution in [2.75, 3.05) is 6.61 Å². The molecular formula is C11H14O2. The fourth-order valence-corrected chi connectivity index (χ4v) is 1.75. The van der Waals surface area contributed by atoms with Gasteiger partial charge < -0.3 is 9.84 Å². The third-order valence-corrected chi connectivity index (χ3v) is 2.46. The van der Waals surface area contributed by atoms with E-state index in [-0.39, 0.29) is 6.10 Å². The van der Waals surface area contributed by atoms with E-state index in [0.717, 1.165) is 30.6 Å². The van der Waals surface area contributed by atoms with Crippen LogP contribution in [0.4, 0.5) is 0 Å². The molecule has 1 saturated heterocycles. The topological polar surface area (TPSA) is 29.5 Å². The van der Waals surface area contributed by atoms with Gasteiger partial charge in [-0.2, -0.15) is 0 Å². The highest BCUT2D eigenvalue weighted by molar-refractivity contribution is 5.37. The van der Waals surface area contributed by atoms with E-state index in [2.05, 4.69) is 0 Å². The van der Waals surface area contributed by atoms with Gasteiger partial charge in [0.2, 0.25) is 0 Å². The minimum absolute atomic E-state index is 0.112. The van der Waals surface area contributed by atoms with Crippen LogP contribution in [0.3, 0.4) is 0 Å². The van der Waals surface area contributed by atoms with E-state index in [1.807, 2.05) is 19.1 Å². The number of hydrogen-bond acceptors (Lipinski definition) is 2. The van der Waals surface area contributed by atoms with Gasteiger partial charge in [-0.3, -0.25) is 0 Å². The van der Waals surface area contributed by atoms with E-state index in [9.17, 15) is 5.11 Å². The molecule has 1 unspecified atom stereocenters. The Hall–Kier alpha value is -1.02. The van der Waals surface area contributed by atoms with Gasteiger partial charge in [0.05, 0.1) is 6.10 Å². The third-order valence-electron chi connectivity index (χ3n) is 2.46. The molecule has 0 spiro atoms. The summed E-state index contributed by atoms with van der Waals surface area (Å²) >= 11 is 0. The van der Waals surface area contributed by atoms with Crippen molar-refractivity contribution in [2.24, 2.45) is 0 Å². The molecule has 0 amide bonds. The number of aromatic hydroxyl groups is 1. The number of benzene rings is 1. The molecule has 1 aliphatic rings. The molecule has 0 radical (unpaired) electrons. The molecule has 13 heavy (non-hydrogen) atoms. The van der Waals surface area contributed by atoms with Gasteiger partial charge in [0.1, 0.15) is 5.75 Å². The van der Waals surface area contributed by atoms with Crippen molar-refractivity contribution in [3.05, 3.63) is 29.3 Å². The fourth-order valence-electron chi connectivity index (χ4n) is 1.75. The van der Waals surface area contributed by atoms with Crippen LogP contribution in [0.15, 0.2) is 18.2 Å². The first-order valence-corrected chi connectivity index (χ1v) is 4.68. The Morgan fingerprint density at radius 2 is 2.31 bits per heavy atom. The zero-order valence-corrected chi connectivity index (χ0v) is 7.79. The van der Waals surface area contributed by atoms with Crippen molar-refractivity contribution >= 4 is 0 Å². The molecule has 70 valence electrons. The van der Waals surface area contributed by atoms with E-state index in [0.29, 0.717) is 5.75 Å². The zero-order chi connectivity index (χ0) is 9.26. The average Bonchev–Trinajstić information content (AvgIpc) is 2.56. The summed E-state index contributed by atoms with van der Waals surface area (Å²) in [6.45, 7) is 2.79. The van der Waals surface area contributed by atoms with Crippen molar-refractivity contribution in [1.82, 2.24) is 0 Å². The Morgan fingerprint density at radius 3 is 2.92 bits per heavy atom. The van der Waals surface area contributed by atoms with Crippen LogP contribution in [0.2, 0.25) is 0 Å². The van der Waals surface area contributed by atoms with Crippen LogP contribution in [0.5, 0.6) is 5.75 Å². The molecule has 2 nitrogen and oxygen atoms in total. The molecule has 1 heterocycles. The highest BCUT2D eigenvalue weighted by Crippen LogP contribution is 2.34. The van der Waals surface area contributed by atoms with Crippen molar-refractivity contribution in [1.29, 1.82) is 0 Å². The number of aryl methyl sites for hydroxylation is 1. The normalized spacial score (nSPS) is 22.1. The number of phenolic OH excluding ortho intramolecular Hbond substituents is 1. The van der Waals surface area contributed by atoms with Gasteiger partial charge in [-0.05, 0) is 31.4 Å². The maximum Gasteiger partial charge on any atom is 0.121 e. The van der Waals surface area contributed by atoms with Crippen LogP contribution in [0, 0.1) is 6.92 Å². The lowest BCUT2D eigenvalue weighted by molar-refractivity contribution is 0.110. The molecular weight excluding hydrogens is 164 g/mol. The smallest absolute Gasteiger partial charge is 0.121 e. The van der Waals surface area contributed by atoms with Crippen LogP contribution >= 0.6 is 0 Å². The van der Waals surface area contributed by atoms with Crippen molar-refractivity contribution in [2.45, 2.75) is 25.9 Å². The van der Waals surface area contributed by atoms with E-state index in [1.54, 1.807) is 6.07 Å². The lowest BCUT2D eigenvalue weighted by Crippen LogP contribution is -1.96. The molecule has 1 N–H and O–H groups in total. The molecule has 0 aromatic heterocycles. The second-order valence-corrected chi connectivity index (χ2v) is 3.56. The van der Waals surface area contributed by atoms with E-state index in [1.165, 1.54) is 0 Å². The summed E-state index contributed by atoms with van der Waals surface area (Å²) in [6, 6.07) is 5.76. The summed E-state index contributed by atoms with van der Waals surface area (Å²) in [5.41, 5.74) is 2.02. The van der Waals surface area contributed by atoms with Crippen molar-refractivity contribution in [3.63, 3.8) is 0 Å². The van der Waals surface area contributed by atoms with Crippen molar-refractivity contribution < 1.29 is 9.84 Å². The predicted molar refractivity (Wildman–Crippen MR) is 50.8 cm³/mol. The monoisotopic (exact) mass is 178 g/mol. The number of rotatable bonds is 1. The summed E-state index contributed by atoms with van der Waals surface area (Å²) < 4.78 is 5.50. The fraction of sp³-hybridized carbons (Fsp3) is 0.455. The summed E-state index contributed by atoms with van der Waals surface area (Å²) in [5.74, 6) is 0.368. The van der Waals surface area contributed by atoms with Crippen LogP contribution in [0.25, 0.3) is 0 Å². The van der Waals surface area contributed by atoms with E-state index in [4.69, 9.17) is 4.74 Å². The Bertz CT molecular complexity index is 301. The second kappa shape index (κ2) is 3.38. The Kier molecular flexibility index (Phi) is 2.23. The number of phenols is 1. The van der Waals surface area contributed by atoms with Gasteiger partial charge in [-0.25, -0.2) is 0 Å². The number of ether oxygens (including phenoxy) is 1. The van der Waals surface area contributed by atoms with E-state index < -0.39 is 0 Å². The number of hydrogen-bond donors (Lipinski definition) is 1. The van der Waals surface area contributed by atoms with Gasteiger partial charge in [0.15, 0.2) is 0 Å². The van der Waals surface area contributed by atoms with Gasteiger partial charge >= 0.3 is 0 Å². The highest BCUT2D eigenvalue weighted by atomic mass is 16.5. The van der Waals surface area contributed by atoms with Crippen molar-refractivity contribution in [3.8, 4) is 5.75 Å². The molecule has 1 aromatic rings. The SMILES string of the molecule is Cc1ccc(C2CCCO2)c(O)c1. The average molecular weight is 178 g/mol. The molecule has 2 heteroatoms. The van der Waals surface area contributed by atoms with Gasteiger partial charge in [0, 0.05) is 12.2 Å². The molecule has 1 aliphatic heterocycles. The Morgan fingerprint density at radius 1 is 1.46 bits per heavy atom. The minimum atomic E-state index is 0.112.